The second-order valence-electron chi connectivity index (χ2n) is 3.14. The minimum absolute atomic E-state index is 0.222. The Kier molecular flexibility index (Phi) is 2.11. The first-order chi connectivity index (χ1) is 5.90. The zero-order chi connectivity index (χ0) is 8.39. The number of ether oxygens (including phenoxy) is 1. The van der Waals surface area contributed by atoms with Gasteiger partial charge in [-0.1, -0.05) is 24.3 Å². The van der Waals surface area contributed by atoms with Crippen molar-refractivity contribution in [1.29, 1.82) is 0 Å². The van der Waals surface area contributed by atoms with E-state index >= 15 is 0 Å². The molecule has 0 fully saturated rings. The third-order valence-electron chi connectivity index (χ3n) is 2.30. The molecule has 2 rings (SSSR count). The van der Waals surface area contributed by atoms with E-state index in [1.165, 1.54) is 11.1 Å². The van der Waals surface area contributed by atoms with Crippen molar-refractivity contribution in [3.8, 4) is 0 Å². The third kappa shape index (κ3) is 1.36. The molecule has 1 heterocycles. The van der Waals surface area contributed by atoms with Gasteiger partial charge in [0.05, 0.1) is 12.7 Å². The fourth-order valence-corrected chi connectivity index (χ4v) is 1.56. The first kappa shape index (κ1) is 7.77. The molecule has 1 aromatic carbocycles. The number of hydrogen-bond donors (Lipinski definition) is 1. The molecule has 1 aliphatic heterocycles. The fourth-order valence-electron chi connectivity index (χ4n) is 1.56. The molecule has 2 heteroatoms. The summed E-state index contributed by atoms with van der Waals surface area (Å²) in [5, 5.41) is 0. The first-order valence-electron chi connectivity index (χ1n) is 4.28. The molecule has 1 atom stereocenters. The number of fused-ring (bicyclic) bond motifs is 1. The van der Waals surface area contributed by atoms with Crippen molar-refractivity contribution < 1.29 is 4.74 Å². The van der Waals surface area contributed by atoms with Gasteiger partial charge in [-0.3, -0.25) is 0 Å². The van der Waals surface area contributed by atoms with Crippen LogP contribution in [0, 0.1) is 0 Å². The Hall–Kier alpha value is -0.860. The lowest BCUT2D eigenvalue weighted by Crippen LogP contribution is -2.29. The SMILES string of the molecule is NC[C@H]1Cc2ccccc2CO1. The second kappa shape index (κ2) is 3.25. The minimum Gasteiger partial charge on any atom is -0.372 e. The molecule has 0 spiro atoms. The normalized spacial score (nSPS) is 21.9. The van der Waals surface area contributed by atoms with Gasteiger partial charge in [0.2, 0.25) is 0 Å². The van der Waals surface area contributed by atoms with E-state index in [1.54, 1.807) is 0 Å². The van der Waals surface area contributed by atoms with E-state index in [4.69, 9.17) is 10.5 Å². The highest BCUT2D eigenvalue weighted by molar-refractivity contribution is 5.28. The van der Waals surface area contributed by atoms with E-state index in [2.05, 4.69) is 18.2 Å². The number of rotatable bonds is 1. The summed E-state index contributed by atoms with van der Waals surface area (Å²) in [4.78, 5) is 0. The Balaban J connectivity index is 2.23. The average molecular weight is 163 g/mol. The summed E-state index contributed by atoms with van der Waals surface area (Å²) < 4.78 is 5.53. The van der Waals surface area contributed by atoms with Crippen LogP contribution in [0.2, 0.25) is 0 Å². The van der Waals surface area contributed by atoms with E-state index in [-0.39, 0.29) is 6.10 Å². The summed E-state index contributed by atoms with van der Waals surface area (Å²) in [6.45, 7) is 1.34. The number of hydrogen-bond acceptors (Lipinski definition) is 2. The number of nitrogens with two attached hydrogens (primary N) is 1. The predicted octanol–water partition coefficient (Wildman–Crippen LogP) is 1.09. The van der Waals surface area contributed by atoms with Crippen LogP contribution in [0.15, 0.2) is 24.3 Å². The van der Waals surface area contributed by atoms with Crippen molar-refractivity contribution in [3.63, 3.8) is 0 Å². The van der Waals surface area contributed by atoms with Crippen LogP contribution in [0.5, 0.6) is 0 Å². The molecule has 0 bridgehead atoms. The molecular weight excluding hydrogens is 150 g/mol. The molecule has 0 saturated carbocycles. The van der Waals surface area contributed by atoms with E-state index in [9.17, 15) is 0 Å². The predicted molar refractivity (Wildman–Crippen MR) is 47.8 cm³/mol. The van der Waals surface area contributed by atoms with Crippen LogP contribution in [0.25, 0.3) is 0 Å². The maximum Gasteiger partial charge on any atom is 0.0742 e. The van der Waals surface area contributed by atoms with E-state index in [0.29, 0.717) is 6.54 Å². The summed E-state index contributed by atoms with van der Waals surface area (Å²) in [5.41, 5.74) is 8.23. The highest BCUT2D eigenvalue weighted by atomic mass is 16.5. The Bertz CT molecular complexity index is 272. The minimum atomic E-state index is 0.222. The molecule has 0 unspecified atom stereocenters. The van der Waals surface area contributed by atoms with Gasteiger partial charge in [0.15, 0.2) is 0 Å². The maximum atomic E-state index is 5.54. The van der Waals surface area contributed by atoms with Gasteiger partial charge in [0.1, 0.15) is 0 Å². The van der Waals surface area contributed by atoms with Gasteiger partial charge in [0.25, 0.3) is 0 Å². The summed E-state index contributed by atoms with van der Waals surface area (Å²) >= 11 is 0. The molecule has 0 saturated heterocycles. The summed E-state index contributed by atoms with van der Waals surface area (Å²) in [6.07, 6.45) is 1.19. The monoisotopic (exact) mass is 163 g/mol. The average Bonchev–Trinajstić information content (AvgIpc) is 2.17. The standard InChI is InChI=1S/C10H13NO/c11-6-10-5-8-3-1-2-4-9(8)7-12-10/h1-4,10H,5-7,11H2/t10-/m1/s1. The Morgan fingerprint density at radius 1 is 1.33 bits per heavy atom. The zero-order valence-electron chi connectivity index (χ0n) is 6.99. The lowest BCUT2D eigenvalue weighted by Gasteiger charge is -2.23. The molecule has 0 aromatic heterocycles. The van der Waals surface area contributed by atoms with E-state index in [0.717, 1.165) is 13.0 Å². The second-order valence-corrected chi connectivity index (χ2v) is 3.14. The highest BCUT2D eigenvalue weighted by Gasteiger charge is 2.16. The molecule has 2 N–H and O–H groups in total. The van der Waals surface area contributed by atoms with Crippen molar-refractivity contribution in [2.45, 2.75) is 19.1 Å². The van der Waals surface area contributed by atoms with Crippen LogP contribution in [0.1, 0.15) is 11.1 Å². The van der Waals surface area contributed by atoms with Crippen LogP contribution in [-0.4, -0.2) is 12.6 Å². The Morgan fingerprint density at radius 3 is 2.83 bits per heavy atom. The molecule has 0 amide bonds. The maximum absolute atomic E-state index is 5.54. The van der Waals surface area contributed by atoms with Gasteiger partial charge in [-0.2, -0.15) is 0 Å². The van der Waals surface area contributed by atoms with Crippen molar-refractivity contribution >= 4 is 0 Å². The van der Waals surface area contributed by atoms with Crippen LogP contribution < -0.4 is 5.73 Å². The zero-order valence-corrected chi connectivity index (χ0v) is 6.99. The van der Waals surface area contributed by atoms with Crippen molar-refractivity contribution in [2.24, 2.45) is 5.73 Å². The molecule has 64 valence electrons. The Labute approximate surface area is 72.3 Å². The van der Waals surface area contributed by atoms with Gasteiger partial charge >= 0.3 is 0 Å². The molecular formula is C10H13NO. The summed E-state index contributed by atoms with van der Waals surface area (Å²) in [7, 11) is 0. The van der Waals surface area contributed by atoms with E-state index < -0.39 is 0 Å². The number of benzene rings is 1. The molecule has 1 aliphatic rings. The van der Waals surface area contributed by atoms with Gasteiger partial charge in [0, 0.05) is 13.0 Å². The quantitative estimate of drug-likeness (QED) is 0.672. The van der Waals surface area contributed by atoms with Crippen molar-refractivity contribution in [1.82, 2.24) is 0 Å². The largest absolute Gasteiger partial charge is 0.372 e. The van der Waals surface area contributed by atoms with Crippen LogP contribution >= 0.6 is 0 Å². The molecule has 1 aromatic rings. The van der Waals surface area contributed by atoms with Gasteiger partial charge < -0.3 is 10.5 Å². The molecule has 12 heavy (non-hydrogen) atoms. The highest BCUT2D eigenvalue weighted by Crippen LogP contribution is 2.19. The Morgan fingerprint density at radius 2 is 2.08 bits per heavy atom. The van der Waals surface area contributed by atoms with Crippen LogP contribution in [-0.2, 0) is 17.8 Å². The lowest BCUT2D eigenvalue weighted by atomic mass is 9.99. The molecule has 2 nitrogen and oxygen atoms in total. The third-order valence-corrected chi connectivity index (χ3v) is 2.30. The smallest absolute Gasteiger partial charge is 0.0742 e. The van der Waals surface area contributed by atoms with Gasteiger partial charge in [-0.05, 0) is 11.1 Å². The van der Waals surface area contributed by atoms with Gasteiger partial charge in [-0.25, -0.2) is 0 Å². The van der Waals surface area contributed by atoms with E-state index in [1.807, 2.05) is 6.07 Å². The summed E-state index contributed by atoms with van der Waals surface area (Å²) in [6, 6.07) is 8.38. The summed E-state index contributed by atoms with van der Waals surface area (Å²) in [5.74, 6) is 0. The molecule has 0 radical (unpaired) electrons. The van der Waals surface area contributed by atoms with Crippen molar-refractivity contribution in [2.75, 3.05) is 6.54 Å². The van der Waals surface area contributed by atoms with Gasteiger partial charge in [-0.15, -0.1) is 0 Å². The van der Waals surface area contributed by atoms with Crippen LogP contribution in [0.4, 0.5) is 0 Å². The topological polar surface area (TPSA) is 35.2 Å². The molecule has 0 aliphatic carbocycles. The fraction of sp³-hybridized carbons (Fsp3) is 0.400. The lowest BCUT2D eigenvalue weighted by molar-refractivity contribution is 0.0345. The first-order valence-corrected chi connectivity index (χ1v) is 4.28. The van der Waals surface area contributed by atoms with Crippen LogP contribution in [0.3, 0.4) is 0 Å². The van der Waals surface area contributed by atoms with Crippen molar-refractivity contribution in [3.05, 3.63) is 35.4 Å².